The molecule has 0 aliphatic carbocycles. The summed E-state index contributed by atoms with van der Waals surface area (Å²) in [6, 6.07) is 5.56. The zero-order valence-corrected chi connectivity index (χ0v) is 10.8. The van der Waals surface area contributed by atoms with Crippen LogP contribution in [0.15, 0.2) is 29.6 Å². The van der Waals surface area contributed by atoms with E-state index in [1.54, 1.807) is 18.4 Å². The van der Waals surface area contributed by atoms with Gasteiger partial charge in [0.1, 0.15) is 10.8 Å². The zero-order chi connectivity index (χ0) is 14.0. The number of amides is 1. The molecule has 0 aliphatic heterocycles. The summed E-state index contributed by atoms with van der Waals surface area (Å²) in [5, 5.41) is 13.1. The lowest BCUT2D eigenvalue weighted by Crippen LogP contribution is -2.15. The van der Waals surface area contributed by atoms with Gasteiger partial charge in [0.05, 0.1) is 11.1 Å². The number of halogens is 1. The van der Waals surface area contributed by atoms with Gasteiger partial charge in [0.15, 0.2) is 0 Å². The topological polar surface area (TPSA) is 66.4 Å². The van der Waals surface area contributed by atoms with E-state index >= 15 is 0 Å². The van der Waals surface area contributed by atoms with E-state index in [1.165, 1.54) is 18.2 Å². The number of aromatic carboxylic acids is 1. The second-order valence-electron chi connectivity index (χ2n) is 3.91. The Morgan fingerprint density at radius 3 is 2.68 bits per heavy atom. The molecule has 4 nitrogen and oxygen atoms in total. The minimum absolute atomic E-state index is 0.00795. The monoisotopic (exact) mass is 279 g/mol. The lowest BCUT2D eigenvalue weighted by atomic mass is 10.1. The van der Waals surface area contributed by atoms with Gasteiger partial charge in [-0.1, -0.05) is 11.6 Å². The molecule has 2 rings (SSSR count). The highest BCUT2D eigenvalue weighted by Crippen LogP contribution is 2.24. The van der Waals surface area contributed by atoms with Crippen molar-refractivity contribution in [3.05, 3.63) is 52.2 Å². The molecule has 0 spiro atoms. The summed E-state index contributed by atoms with van der Waals surface area (Å²) in [6.07, 6.45) is 0. The van der Waals surface area contributed by atoms with Crippen LogP contribution in [0.2, 0.25) is 0 Å². The minimum atomic E-state index is -1.14. The highest BCUT2D eigenvalue weighted by Gasteiger charge is 2.17. The van der Waals surface area contributed by atoms with Crippen LogP contribution in [0, 0.1) is 12.7 Å². The van der Waals surface area contributed by atoms with E-state index in [0.29, 0.717) is 0 Å². The van der Waals surface area contributed by atoms with E-state index in [9.17, 15) is 14.0 Å². The van der Waals surface area contributed by atoms with Gasteiger partial charge in [-0.2, -0.15) is 0 Å². The first-order chi connectivity index (χ1) is 8.99. The largest absolute Gasteiger partial charge is 0.478 e. The van der Waals surface area contributed by atoms with Crippen molar-refractivity contribution in [2.24, 2.45) is 0 Å². The van der Waals surface area contributed by atoms with Gasteiger partial charge < -0.3 is 10.4 Å². The molecular formula is C13H10FNO3S. The van der Waals surface area contributed by atoms with Crippen molar-refractivity contribution in [3.63, 3.8) is 0 Å². The number of carboxylic acid groups (broad SMARTS) is 1. The highest BCUT2D eigenvalue weighted by atomic mass is 32.1. The molecule has 1 aromatic heterocycles. The molecule has 19 heavy (non-hydrogen) atoms. The average molecular weight is 279 g/mol. The molecule has 0 saturated heterocycles. The van der Waals surface area contributed by atoms with Crippen molar-refractivity contribution >= 4 is 28.2 Å². The van der Waals surface area contributed by atoms with Crippen LogP contribution in [0.25, 0.3) is 0 Å². The maximum Gasteiger partial charge on any atom is 0.338 e. The predicted octanol–water partition coefficient (Wildman–Crippen LogP) is 3.15. The van der Waals surface area contributed by atoms with E-state index in [0.717, 1.165) is 16.9 Å². The molecule has 1 amide bonds. The average Bonchev–Trinajstić information content (AvgIpc) is 2.80. The van der Waals surface area contributed by atoms with Gasteiger partial charge in [0.2, 0.25) is 0 Å². The Labute approximate surface area is 112 Å². The number of carboxylic acids is 1. The SMILES string of the molecule is Cc1ccc(F)c(C(=O)Nc2sccc2C(=O)O)c1. The fraction of sp³-hybridized carbons (Fsp3) is 0.0769. The summed E-state index contributed by atoms with van der Waals surface area (Å²) < 4.78 is 13.5. The number of hydrogen-bond donors (Lipinski definition) is 2. The summed E-state index contributed by atoms with van der Waals surface area (Å²) in [5.41, 5.74) is 0.632. The summed E-state index contributed by atoms with van der Waals surface area (Å²) in [5.74, 6) is -2.44. The summed E-state index contributed by atoms with van der Waals surface area (Å²) >= 11 is 1.08. The lowest BCUT2D eigenvalue weighted by molar-refractivity contribution is 0.0698. The predicted molar refractivity (Wildman–Crippen MR) is 70.4 cm³/mol. The minimum Gasteiger partial charge on any atom is -0.478 e. The number of rotatable bonds is 3. The molecule has 2 aromatic rings. The maximum atomic E-state index is 13.5. The van der Waals surface area contributed by atoms with Crippen LogP contribution in [0.1, 0.15) is 26.3 Å². The number of carbonyl (C=O) groups is 2. The van der Waals surface area contributed by atoms with E-state index in [-0.39, 0.29) is 16.1 Å². The third kappa shape index (κ3) is 2.79. The van der Waals surface area contributed by atoms with Gasteiger partial charge in [0.25, 0.3) is 5.91 Å². The second-order valence-corrected chi connectivity index (χ2v) is 4.82. The normalized spacial score (nSPS) is 10.2. The molecule has 0 atom stereocenters. The summed E-state index contributed by atoms with van der Waals surface area (Å²) in [7, 11) is 0. The van der Waals surface area contributed by atoms with Crippen LogP contribution in [0.4, 0.5) is 9.39 Å². The van der Waals surface area contributed by atoms with Crippen molar-refractivity contribution in [2.75, 3.05) is 5.32 Å². The van der Waals surface area contributed by atoms with Crippen LogP contribution in [0.5, 0.6) is 0 Å². The third-order valence-electron chi connectivity index (χ3n) is 2.49. The Morgan fingerprint density at radius 2 is 2.00 bits per heavy atom. The van der Waals surface area contributed by atoms with Crippen LogP contribution in [-0.4, -0.2) is 17.0 Å². The molecule has 2 N–H and O–H groups in total. The summed E-state index contributed by atoms with van der Waals surface area (Å²) in [6.45, 7) is 1.74. The Kier molecular flexibility index (Phi) is 3.62. The molecule has 6 heteroatoms. The number of carbonyl (C=O) groups excluding carboxylic acids is 1. The number of aryl methyl sites for hydroxylation is 1. The Balaban J connectivity index is 2.28. The molecule has 0 fully saturated rings. The number of hydrogen-bond acceptors (Lipinski definition) is 3. The van der Waals surface area contributed by atoms with Gasteiger partial charge in [-0.3, -0.25) is 4.79 Å². The fourth-order valence-electron chi connectivity index (χ4n) is 1.56. The van der Waals surface area contributed by atoms with Gasteiger partial charge in [-0.05, 0) is 30.5 Å². The fourth-order valence-corrected chi connectivity index (χ4v) is 2.33. The molecule has 1 heterocycles. The smallest absolute Gasteiger partial charge is 0.338 e. The Bertz CT molecular complexity index is 651. The first-order valence-corrected chi connectivity index (χ1v) is 6.25. The van der Waals surface area contributed by atoms with Crippen LogP contribution in [-0.2, 0) is 0 Å². The quantitative estimate of drug-likeness (QED) is 0.907. The van der Waals surface area contributed by atoms with Crippen LogP contribution < -0.4 is 5.32 Å². The van der Waals surface area contributed by atoms with Crippen molar-refractivity contribution in [1.82, 2.24) is 0 Å². The Hall–Kier alpha value is -2.21. The standard InChI is InChI=1S/C13H10FNO3S/c1-7-2-3-10(14)9(6-7)11(16)15-12-8(13(17)18)4-5-19-12/h2-6H,1H3,(H,15,16)(H,17,18). The van der Waals surface area contributed by atoms with Crippen molar-refractivity contribution in [2.45, 2.75) is 6.92 Å². The molecule has 1 aromatic carbocycles. The van der Waals surface area contributed by atoms with Gasteiger partial charge in [-0.25, -0.2) is 9.18 Å². The van der Waals surface area contributed by atoms with Crippen molar-refractivity contribution in [3.8, 4) is 0 Å². The first kappa shape index (κ1) is 13.2. The van der Waals surface area contributed by atoms with Gasteiger partial charge >= 0.3 is 5.97 Å². The molecule has 0 radical (unpaired) electrons. The number of benzene rings is 1. The van der Waals surface area contributed by atoms with Gasteiger partial charge in [-0.15, -0.1) is 11.3 Å². The molecule has 0 bridgehead atoms. The molecular weight excluding hydrogens is 269 g/mol. The van der Waals surface area contributed by atoms with Gasteiger partial charge in [0, 0.05) is 0 Å². The number of nitrogens with one attached hydrogen (secondary N) is 1. The van der Waals surface area contributed by atoms with E-state index in [1.807, 2.05) is 0 Å². The highest BCUT2D eigenvalue weighted by molar-refractivity contribution is 7.14. The molecule has 0 unspecified atom stereocenters. The van der Waals surface area contributed by atoms with Crippen molar-refractivity contribution in [1.29, 1.82) is 0 Å². The Morgan fingerprint density at radius 1 is 1.26 bits per heavy atom. The van der Waals surface area contributed by atoms with Crippen LogP contribution >= 0.6 is 11.3 Å². The number of anilines is 1. The second kappa shape index (κ2) is 5.19. The van der Waals surface area contributed by atoms with E-state index in [4.69, 9.17) is 5.11 Å². The third-order valence-corrected chi connectivity index (χ3v) is 3.32. The van der Waals surface area contributed by atoms with Crippen LogP contribution in [0.3, 0.4) is 0 Å². The molecule has 0 aliphatic rings. The zero-order valence-electron chi connectivity index (χ0n) is 9.94. The van der Waals surface area contributed by atoms with E-state index in [2.05, 4.69) is 5.32 Å². The van der Waals surface area contributed by atoms with E-state index < -0.39 is 17.7 Å². The molecule has 98 valence electrons. The maximum absolute atomic E-state index is 13.5. The van der Waals surface area contributed by atoms with Crippen molar-refractivity contribution < 1.29 is 19.1 Å². The lowest BCUT2D eigenvalue weighted by Gasteiger charge is -2.06. The number of thiophene rings is 1. The molecule has 0 saturated carbocycles. The summed E-state index contributed by atoms with van der Waals surface area (Å²) in [4.78, 5) is 22.8. The first-order valence-electron chi connectivity index (χ1n) is 5.37.